The van der Waals surface area contributed by atoms with Gasteiger partial charge in [-0.25, -0.2) is 13.6 Å². The van der Waals surface area contributed by atoms with Crippen LogP contribution in [0, 0.1) is 17.6 Å². The number of carbonyl (C=O) groups excluding carboxylic acids is 1. The van der Waals surface area contributed by atoms with E-state index in [4.69, 9.17) is 4.74 Å². The highest BCUT2D eigenvalue weighted by molar-refractivity contribution is 5.74. The number of hydrogen-bond acceptors (Lipinski definition) is 2. The summed E-state index contributed by atoms with van der Waals surface area (Å²) < 4.78 is 32.0. The number of nitrogens with zero attached hydrogens (tertiary/aromatic N) is 1. The number of rotatable bonds is 6. The van der Waals surface area contributed by atoms with E-state index < -0.39 is 11.6 Å². The quantitative estimate of drug-likeness (QED) is 0.872. The van der Waals surface area contributed by atoms with E-state index in [0.717, 1.165) is 12.5 Å². The number of carbonyl (C=O) groups is 1. The molecule has 4 nitrogen and oxygen atoms in total. The molecular weight excluding hydrogens is 302 g/mol. The molecule has 1 aromatic rings. The van der Waals surface area contributed by atoms with Gasteiger partial charge < -0.3 is 15.0 Å². The smallest absolute Gasteiger partial charge is 0.317 e. The van der Waals surface area contributed by atoms with Gasteiger partial charge >= 0.3 is 6.03 Å². The SMILES string of the molecule is CCOC[C@H]1CCN(C(=O)NC[C@@H](C)c2ccc(F)cc2F)C1. The van der Waals surface area contributed by atoms with Gasteiger partial charge in [0.05, 0.1) is 6.61 Å². The van der Waals surface area contributed by atoms with Crippen LogP contribution in [0.3, 0.4) is 0 Å². The van der Waals surface area contributed by atoms with Crippen LogP contribution in [0.25, 0.3) is 0 Å². The second-order valence-electron chi connectivity index (χ2n) is 6.01. The van der Waals surface area contributed by atoms with Crippen LogP contribution in [-0.2, 0) is 4.74 Å². The monoisotopic (exact) mass is 326 g/mol. The fourth-order valence-corrected chi connectivity index (χ4v) is 2.80. The van der Waals surface area contributed by atoms with Crippen molar-refractivity contribution >= 4 is 6.03 Å². The Kier molecular flexibility index (Phi) is 6.33. The molecule has 1 aromatic carbocycles. The van der Waals surface area contributed by atoms with Gasteiger partial charge in [-0.15, -0.1) is 0 Å². The molecule has 0 aromatic heterocycles. The Bertz CT molecular complexity index is 539. The van der Waals surface area contributed by atoms with Crippen LogP contribution in [0.2, 0.25) is 0 Å². The van der Waals surface area contributed by atoms with Crippen LogP contribution >= 0.6 is 0 Å². The third-order valence-corrected chi connectivity index (χ3v) is 4.18. The van der Waals surface area contributed by atoms with E-state index >= 15 is 0 Å². The van der Waals surface area contributed by atoms with E-state index in [0.29, 0.717) is 44.3 Å². The molecule has 6 heteroatoms. The van der Waals surface area contributed by atoms with E-state index in [1.807, 2.05) is 6.92 Å². The zero-order chi connectivity index (χ0) is 16.8. The van der Waals surface area contributed by atoms with Gasteiger partial charge in [0.2, 0.25) is 0 Å². The first kappa shape index (κ1) is 17.7. The molecule has 1 aliphatic heterocycles. The molecule has 2 atom stereocenters. The summed E-state index contributed by atoms with van der Waals surface area (Å²) in [6.07, 6.45) is 0.940. The van der Waals surface area contributed by atoms with Crippen molar-refractivity contribution < 1.29 is 18.3 Å². The minimum Gasteiger partial charge on any atom is -0.381 e. The number of likely N-dealkylation sites (tertiary alicyclic amines) is 1. The molecule has 0 radical (unpaired) electrons. The molecule has 1 saturated heterocycles. The van der Waals surface area contributed by atoms with Crippen LogP contribution in [0.5, 0.6) is 0 Å². The second kappa shape index (κ2) is 8.24. The lowest BCUT2D eigenvalue weighted by atomic mass is 10.0. The summed E-state index contributed by atoms with van der Waals surface area (Å²) in [4.78, 5) is 13.9. The van der Waals surface area contributed by atoms with E-state index in [9.17, 15) is 13.6 Å². The maximum atomic E-state index is 13.7. The molecule has 2 amide bonds. The summed E-state index contributed by atoms with van der Waals surface area (Å²) in [7, 11) is 0. The zero-order valence-electron chi connectivity index (χ0n) is 13.6. The molecule has 128 valence electrons. The first-order chi connectivity index (χ1) is 11.0. The van der Waals surface area contributed by atoms with Gasteiger partial charge in [0, 0.05) is 44.1 Å². The lowest BCUT2D eigenvalue weighted by Crippen LogP contribution is -2.40. The Morgan fingerprint density at radius 1 is 1.48 bits per heavy atom. The minimum atomic E-state index is -0.597. The Hall–Kier alpha value is -1.69. The average Bonchev–Trinajstić information content (AvgIpc) is 2.99. The number of nitrogens with one attached hydrogen (secondary N) is 1. The van der Waals surface area contributed by atoms with Crippen LogP contribution < -0.4 is 5.32 Å². The van der Waals surface area contributed by atoms with Gasteiger partial charge in [0.1, 0.15) is 11.6 Å². The summed E-state index contributed by atoms with van der Waals surface area (Å²) in [6.45, 7) is 6.83. The Labute approximate surface area is 135 Å². The van der Waals surface area contributed by atoms with Crippen LogP contribution in [0.1, 0.15) is 31.7 Å². The first-order valence-corrected chi connectivity index (χ1v) is 8.06. The zero-order valence-corrected chi connectivity index (χ0v) is 13.6. The molecule has 0 saturated carbocycles. The van der Waals surface area contributed by atoms with Gasteiger partial charge in [0.15, 0.2) is 0 Å². The second-order valence-corrected chi connectivity index (χ2v) is 6.01. The Morgan fingerprint density at radius 2 is 2.26 bits per heavy atom. The normalized spacial score (nSPS) is 19.0. The maximum Gasteiger partial charge on any atom is 0.317 e. The van der Waals surface area contributed by atoms with Crippen LogP contribution in [0.4, 0.5) is 13.6 Å². The lowest BCUT2D eigenvalue weighted by molar-refractivity contribution is 0.113. The van der Waals surface area contributed by atoms with Crippen molar-refractivity contribution in [3.63, 3.8) is 0 Å². The first-order valence-electron chi connectivity index (χ1n) is 8.06. The molecule has 0 aliphatic carbocycles. The summed E-state index contributed by atoms with van der Waals surface area (Å²) in [5, 5.41) is 2.83. The third-order valence-electron chi connectivity index (χ3n) is 4.18. The van der Waals surface area contributed by atoms with Gasteiger partial charge in [0.25, 0.3) is 0 Å². The van der Waals surface area contributed by atoms with E-state index in [2.05, 4.69) is 5.32 Å². The number of ether oxygens (including phenoxy) is 1. The number of urea groups is 1. The van der Waals surface area contributed by atoms with Crippen LogP contribution in [0.15, 0.2) is 18.2 Å². The van der Waals surface area contributed by atoms with E-state index in [1.165, 1.54) is 12.1 Å². The summed E-state index contributed by atoms with van der Waals surface area (Å²) in [5.74, 6) is -1.02. The summed E-state index contributed by atoms with van der Waals surface area (Å²) in [6, 6.07) is 3.38. The molecule has 1 fully saturated rings. The van der Waals surface area contributed by atoms with E-state index in [1.54, 1.807) is 11.8 Å². The molecule has 1 N–H and O–H groups in total. The van der Waals surface area contributed by atoms with Crippen molar-refractivity contribution in [2.24, 2.45) is 5.92 Å². The fourth-order valence-electron chi connectivity index (χ4n) is 2.80. The van der Waals surface area contributed by atoms with Crippen molar-refractivity contribution in [3.05, 3.63) is 35.4 Å². The molecule has 1 heterocycles. The average molecular weight is 326 g/mol. The molecule has 23 heavy (non-hydrogen) atoms. The lowest BCUT2D eigenvalue weighted by Gasteiger charge is -2.20. The molecular formula is C17H24F2N2O2. The molecule has 0 unspecified atom stereocenters. The highest BCUT2D eigenvalue weighted by atomic mass is 19.1. The van der Waals surface area contributed by atoms with Gasteiger partial charge in [-0.05, 0) is 25.0 Å². The largest absolute Gasteiger partial charge is 0.381 e. The van der Waals surface area contributed by atoms with E-state index in [-0.39, 0.29) is 11.9 Å². The molecule has 0 spiro atoms. The fraction of sp³-hybridized carbons (Fsp3) is 0.588. The van der Waals surface area contributed by atoms with Crippen LogP contribution in [-0.4, -0.2) is 43.8 Å². The summed E-state index contributed by atoms with van der Waals surface area (Å²) in [5.41, 5.74) is 0.405. The number of amides is 2. The molecule has 2 rings (SSSR count). The number of halogens is 2. The maximum absolute atomic E-state index is 13.7. The molecule has 1 aliphatic rings. The van der Waals surface area contributed by atoms with Gasteiger partial charge in [-0.2, -0.15) is 0 Å². The predicted octanol–water partition coefficient (Wildman–Crippen LogP) is 3.14. The van der Waals surface area contributed by atoms with Crippen molar-refractivity contribution in [2.45, 2.75) is 26.2 Å². The minimum absolute atomic E-state index is 0.140. The molecule has 0 bridgehead atoms. The van der Waals surface area contributed by atoms with Crippen molar-refractivity contribution in [3.8, 4) is 0 Å². The Morgan fingerprint density at radius 3 is 2.96 bits per heavy atom. The highest BCUT2D eigenvalue weighted by Gasteiger charge is 2.26. The van der Waals surface area contributed by atoms with Gasteiger partial charge in [-0.3, -0.25) is 0 Å². The van der Waals surface area contributed by atoms with Crippen molar-refractivity contribution in [1.82, 2.24) is 10.2 Å². The standard InChI is InChI=1S/C17H24F2N2O2/c1-3-23-11-13-6-7-21(10-13)17(22)20-9-12(2)15-5-4-14(18)8-16(15)19/h4-5,8,12-13H,3,6-7,9-11H2,1-2H3,(H,20,22)/t12-,13+/m1/s1. The predicted molar refractivity (Wildman–Crippen MR) is 84.3 cm³/mol. The van der Waals surface area contributed by atoms with Crippen molar-refractivity contribution in [1.29, 1.82) is 0 Å². The number of benzene rings is 1. The van der Waals surface area contributed by atoms with Gasteiger partial charge in [-0.1, -0.05) is 13.0 Å². The van der Waals surface area contributed by atoms with Crippen molar-refractivity contribution in [2.75, 3.05) is 32.8 Å². The topological polar surface area (TPSA) is 41.6 Å². The summed E-state index contributed by atoms with van der Waals surface area (Å²) >= 11 is 0. The third kappa shape index (κ3) is 4.89. The highest BCUT2D eigenvalue weighted by Crippen LogP contribution is 2.20. The number of hydrogen-bond donors (Lipinski definition) is 1. The Balaban J connectivity index is 1.80.